The zero-order chi connectivity index (χ0) is 16.0. The van der Waals surface area contributed by atoms with Crippen LogP contribution in [0.25, 0.3) is 22.3 Å². The highest BCUT2D eigenvalue weighted by Gasteiger charge is 2.23. The Kier molecular flexibility index (Phi) is 3.01. The number of hydrogen-bond donors (Lipinski definition) is 0. The van der Waals surface area contributed by atoms with Crippen LogP contribution in [0.4, 0.5) is 0 Å². The lowest BCUT2D eigenvalue weighted by Gasteiger charge is -2.06. The number of esters is 1. The monoisotopic (exact) mass is 306 g/mol. The van der Waals surface area contributed by atoms with Gasteiger partial charge >= 0.3 is 5.97 Å². The molecule has 0 aliphatic carbocycles. The van der Waals surface area contributed by atoms with E-state index in [-0.39, 0.29) is 17.7 Å². The lowest BCUT2D eigenvalue weighted by Crippen LogP contribution is -2.20. The normalized spacial score (nSPS) is 12.0. The molecule has 23 heavy (non-hydrogen) atoms. The molecule has 2 aromatic heterocycles. The number of pyridine rings is 2. The van der Waals surface area contributed by atoms with E-state index in [1.165, 1.54) is 6.07 Å². The van der Waals surface area contributed by atoms with E-state index in [4.69, 9.17) is 4.74 Å². The number of rotatable bonds is 2. The lowest BCUT2D eigenvalue weighted by atomic mass is 10.1. The molecule has 1 aromatic carbocycles. The summed E-state index contributed by atoms with van der Waals surface area (Å²) in [6.45, 7) is 2.49. The molecule has 0 fully saturated rings. The third-order valence-corrected chi connectivity index (χ3v) is 4.01. The van der Waals surface area contributed by atoms with Crippen LogP contribution < -0.4 is 5.56 Å². The van der Waals surface area contributed by atoms with Gasteiger partial charge < -0.3 is 9.30 Å². The molecule has 1 aliphatic rings. The van der Waals surface area contributed by atoms with Gasteiger partial charge in [-0.3, -0.25) is 4.79 Å². The second-order valence-electron chi connectivity index (χ2n) is 5.46. The number of fused-ring (bicyclic) bond motifs is 4. The van der Waals surface area contributed by atoms with Crippen molar-refractivity contribution in [2.45, 2.75) is 13.5 Å². The Labute approximate surface area is 132 Å². The van der Waals surface area contributed by atoms with Gasteiger partial charge in [0.25, 0.3) is 5.56 Å². The molecule has 0 saturated carbocycles. The van der Waals surface area contributed by atoms with Gasteiger partial charge in [0.05, 0.1) is 35.6 Å². The maximum absolute atomic E-state index is 12.3. The van der Waals surface area contributed by atoms with Crippen LogP contribution in [0.3, 0.4) is 0 Å². The van der Waals surface area contributed by atoms with Crippen LogP contribution in [0.1, 0.15) is 22.8 Å². The predicted octanol–water partition coefficient (Wildman–Crippen LogP) is 2.60. The van der Waals surface area contributed by atoms with Crippen LogP contribution >= 0.6 is 0 Å². The van der Waals surface area contributed by atoms with E-state index in [0.29, 0.717) is 12.2 Å². The molecule has 0 radical (unpaired) electrons. The van der Waals surface area contributed by atoms with E-state index in [1.807, 2.05) is 30.3 Å². The number of aromatic nitrogens is 2. The molecule has 0 amide bonds. The first-order chi connectivity index (χ1) is 11.2. The second-order valence-corrected chi connectivity index (χ2v) is 5.46. The van der Waals surface area contributed by atoms with E-state index in [2.05, 4.69) is 4.98 Å². The minimum Gasteiger partial charge on any atom is -0.462 e. The largest absolute Gasteiger partial charge is 0.462 e. The molecule has 0 unspecified atom stereocenters. The van der Waals surface area contributed by atoms with Crippen LogP contribution in [0.15, 0.2) is 47.3 Å². The Bertz CT molecular complexity index is 1000. The molecule has 3 aromatic rings. The summed E-state index contributed by atoms with van der Waals surface area (Å²) in [6, 6.07) is 12.9. The molecule has 0 atom stereocenters. The third kappa shape index (κ3) is 2.12. The van der Waals surface area contributed by atoms with Gasteiger partial charge in [-0.25, -0.2) is 9.78 Å². The van der Waals surface area contributed by atoms with Gasteiger partial charge in [0.1, 0.15) is 0 Å². The minimum absolute atomic E-state index is 0.215. The first kappa shape index (κ1) is 13.7. The number of ether oxygens (including phenoxy) is 1. The molecule has 0 saturated heterocycles. The van der Waals surface area contributed by atoms with Crippen molar-refractivity contribution in [1.29, 1.82) is 0 Å². The van der Waals surface area contributed by atoms with Crippen LogP contribution in [0, 0.1) is 0 Å². The van der Waals surface area contributed by atoms with Crippen molar-refractivity contribution in [3.63, 3.8) is 0 Å². The summed E-state index contributed by atoms with van der Waals surface area (Å²) < 4.78 is 6.63. The first-order valence-corrected chi connectivity index (χ1v) is 7.48. The highest BCUT2D eigenvalue weighted by molar-refractivity contribution is 5.91. The smallest absolute Gasteiger partial charge is 0.338 e. The average Bonchev–Trinajstić information content (AvgIpc) is 2.91. The van der Waals surface area contributed by atoms with Crippen molar-refractivity contribution in [1.82, 2.24) is 9.55 Å². The van der Waals surface area contributed by atoms with Crippen molar-refractivity contribution in [2.75, 3.05) is 6.61 Å². The van der Waals surface area contributed by atoms with Crippen LogP contribution in [0.5, 0.6) is 0 Å². The molecule has 3 heterocycles. The molecule has 114 valence electrons. The SMILES string of the molecule is CCOC(=O)c1cc2n(c(=O)c1)Cc1cc3ccccc3nc1-2. The van der Waals surface area contributed by atoms with Gasteiger partial charge in [-0.15, -0.1) is 0 Å². The number of hydrogen-bond acceptors (Lipinski definition) is 4. The molecular formula is C18H14N2O3. The highest BCUT2D eigenvalue weighted by Crippen LogP contribution is 2.31. The van der Waals surface area contributed by atoms with E-state index < -0.39 is 5.97 Å². The molecule has 5 nitrogen and oxygen atoms in total. The standard InChI is InChI=1S/C18H14N2O3/c1-2-23-18(22)12-8-15-17-13(10-20(15)16(21)9-12)7-11-5-3-4-6-14(11)19-17/h3-9H,2,10H2,1H3. The number of nitrogens with zero attached hydrogens (tertiary/aromatic N) is 2. The van der Waals surface area contributed by atoms with Crippen molar-refractivity contribution >= 4 is 16.9 Å². The quantitative estimate of drug-likeness (QED) is 0.534. The van der Waals surface area contributed by atoms with Gasteiger partial charge in [-0.1, -0.05) is 18.2 Å². The first-order valence-electron chi connectivity index (χ1n) is 7.48. The summed E-state index contributed by atoms with van der Waals surface area (Å²) in [5, 5.41) is 1.04. The van der Waals surface area contributed by atoms with Gasteiger partial charge in [-0.05, 0) is 25.1 Å². The number of carbonyl (C=O) groups excluding carboxylic acids is 1. The Morgan fingerprint density at radius 3 is 2.91 bits per heavy atom. The van der Waals surface area contributed by atoms with Crippen molar-refractivity contribution in [3.8, 4) is 11.4 Å². The average molecular weight is 306 g/mol. The highest BCUT2D eigenvalue weighted by atomic mass is 16.5. The Balaban J connectivity index is 1.92. The molecule has 4 rings (SSSR count). The van der Waals surface area contributed by atoms with Gasteiger partial charge in [0, 0.05) is 17.0 Å². The topological polar surface area (TPSA) is 61.2 Å². The molecular weight excluding hydrogens is 292 g/mol. The fourth-order valence-corrected chi connectivity index (χ4v) is 2.96. The second kappa shape index (κ2) is 5.05. The molecule has 0 spiro atoms. The Morgan fingerprint density at radius 2 is 2.09 bits per heavy atom. The van der Waals surface area contributed by atoms with Gasteiger partial charge in [-0.2, -0.15) is 0 Å². The van der Waals surface area contributed by atoms with Crippen LogP contribution in [-0.4, -0.2) is 22.1 Å². The Hall–Kier alpha value is -2.95. The zero-order valence-electron chi connectivity index (χ0n) is 12.6. The van der Waals surface area contributed by atoms with Gasteiger partial charge in [0.15, 0.2) is 0 Å². The summed E-state index contributed by atoms with van der Waals surface area (Å²) in [5.74, 6) is -0.484. The van der Waals surface area contributed by atoms with E-state index in [1.54, 1.807) is 17.6 Å². The lowest BCUT2D eigenvalue weighted by molar-refractivity contribution is 0.0526. The summed E-state index contributed by atoms with van der Waals surface area (Å²) in [7, 11) is 0. The molecule has 0 bridgehead atoms. The van der Waals surface area contributed by atoms with Gasteiger partial charge in [0.2, 0.25) is 0 Å². The summed E-state index contributed by atoms with van der Waals surface area (Å²) >= 11 is 0. The predicted molar refractivity (Wildman–Crippen MR) is 86.5 cm³/mol. The maximum Gasteiger partial charge on any atom is 0.338 e. The summed E-state index contributed by atoms with van der Waals surface area (Å²) in [6.07, 6.45) is 0. The third-order valence-electron chi connectivity index (χ3n) is 4.01. The fraction of sp³-hybridized carbons (Fsp3) is 0.167. The Morgan fingerprint density at radius 1 is 1.26 bits per heavy atom. The number of para-hydroxylation sites is 1. The molecule has 5 heteroatoms. The molecule has 0 N–H and O–H groups in total. The van der Waals surface area contributed by atoms with Crippen molar-refractivity contribution in [2.24, 2.45) is 0 Å². The van der Waals surface area contributed by atoms with Crippen molar-refractivity contribution in [3.05, 3.63) is 63.9 Å². The van der Waals surface area contributed by atoms with Crippen molar-refractivity contribution < 1.29 is 9.53 Å². The van der Waals surface area contributed by atoms with Crippen LogP contribution in [-0.2, 0) is 11.3 Å². The number of carbonyl (C=O) groups is 1. The maximum atomic E-state index is 12.3. The minimum atomic E-state index is -0.484. The zero-order valence-corrected chi connectivity index (χ0v) is 12.6. The van der Waals surface area contributed by atoms with E-state index in [9.17, 15) is 9.59 Å². The van der Waals surface area contributed by atoms with E-state index in [0.717, 1.165) is 22.2 Å². The molecule has 1 aliphatic heterocycles. The van der Waals surface area contributed by atoms with E-state index >= 15 is 0 Å². The van der Waals surface area contributed by atoms with Crippen LogP contribution in [0.2, 0.25) is 0 Å². The summed E-state index contributed by atoms with van der Waals surface area (Å²) in [5.41, 5.74) is 3.34. The fourth-order valence-electron chi connectivity index (χ4n) is 2.96. The number of benzene rings is 1. The summed E-state index contributed by atoms with van der Waals surface area (Å²) in [4.78, 5) is 28.9.